The summed E-state index contributed by atoms with van der Waals surface area (Å²) in [4.78, 5) is 18.7. The van der Waals surface area contributed by atoms with Crippen LogP contribution >= 0.6 is 24.8 Å². The number of likely N-dealkylation sites (tertiary alicyclic amines) is 1. The molecule has 0 unspecified atom stereocenters. The van der Waals surface area contributed by atoms with Gasteiger partial charge < -0.3 is 14.9 Å². The number of aromatic nitrogens is 2. The molecule has 1 aliphatic heterocycles. The van der Waals surface area contributed by atoms with E-state index in [4.69, 9.17) is 0 Å². The molecule has 0 spiro atoms. The van der Waals surface area contributed by atoms with Crippen molar-refractivity contribution in [1.82, 2.24) is 14.5 Å². The van der Waals surface area contributed by atoms with Gasteiger partial charge in [0.25, 0.3) is 0 Å². The zero-order valence-electron chi connectivity index (χ0n) is 15.1. The second kappa shape index (κ2) is 12.1. The van der Waals surface area contributed by atoms with Gasteiger partial charge in [-0.15, -0.1) is 24.8 Å². The summed E-state index contributed by atoms with van der Waals surface area (Å²) in [5.41, 5.74) is 2.16. The number of imidazole rings is 1. The van der Waals surface area contributed by atoms with Crippen LogP contribution < -0.4 is 0 Å². The van der Waals surface area contributed by atoms with Crippen LogP contribution in [0.3, 0.4) is 0 Å². The van der Waals surface area contributed by atoms with Crippen LogP contribution in [-0.4, -0.2) is 45.3 Å². The van der Waals surface area contributed by atoms with E-state index >= 15 is 0 Å². The Hall–Kier alpha value is -1.40. The van der Waals surface area contributed by atoms with Crippen molar-refractivity contribution in [2.45, 2.75) is 32.6 Å². The number of carbonyl (C=O) groups excluding carboxylic acids is 1. The number of ketones is 1. The van der Waals surface area contributed by atoms with E-state index in [1.54, 1.807) is 12.5 Å². The van der Waals surface area contributed by atoms with Crippen LogP contribution in [0.2, 0.25) is 0 Å². The van der Waals surface area contributed by atoms with Gasteiger partial charge in [-0.1, -0.05) is 19.1 Å². The second-order valence-electron chi connectivity index (χ2n) is 6.63. The fourth-order valence-electron chi connectivity index (χ4n) is 3.08. The van der Waals surface area contributed by atoms with Crippen molar-refractivity contribution in [2.75, 3.05) is 19.6 Å². The van der Waals surface area contributed by atoms with Crippen molar-refractivity contribution in [2.24, 2.45) is 5.92 Å². The Balaban J connectivity index is 0.00000208. The van der Waals surface area contributed by atoms with E-state index in [0.717, 1.165) is 36.8 Å². The topological polar surface area (TPSA) is 69.6 Å². The molecule has 0 atom stereocenters. The van der Waals surface area contributed by atoms with E-state index in [1.165, 1.54) is 12.8 Å². The monoisotopic (exact) mass is 401 g/mol. The van der Waals surface area contributed by atoms with Crippen LogP contribution in [0, 0.1) is 5.92 Å². The first kappa shape index (κ1) is 24.6. The quantitative estimate of drug-likeness (QED) is 0.746. The summed E-state index contributed by atoms with van der Waals surface area (Å²) in [6.07, 6.45) is 9.19. The Morgan fingerprint density at radius 1 is 1.15 bits per heavy atom. The Kier molecular flexibility index (Phi) is 11.4. The third kappa shape index (κ3) is 7.08. The van der Waals surface area contributed by atoms with Gasteiger partial charge in [-0.05, 0) is 49.5 Å². The van der Waals surface area contributed by atoms with Gasteiger partial charge in [-0.25, -0.2) is 4.98 Å². The van der Waals surface area contributed by atoms with Gasteiger partial charge in [0.05, 0.1) is 6.33 Å². The molecular weight excluding hydrogens is 373 g/mol. The molecule has 2 aromatic rings. The molecule has 0 saturated carbocycles. The van der Waals surface area contributed by atoms with E-state index in [-0.39, 0.29) is 30.3 Å². The number of hydrogen-bond donors (Lipinski definition) is 0. The highest BCUT2D eigenvalue weighted by atomic mass is 35.5. The minimum Gasteiger partial charge on any atom is -0.412 e. The van der Waals surface area contributed by atoms with Gasteiger partial charge >= 0.3 is 0 Å². The van der Waals surface area contributed by atoms with Gasteiger partial charge in [0.2, 0.25) is 0 Å². The minimum atomic E-state index is 0. The van der Waals surface area contributed by atoms with Gasteiger partial charge in [0, 0.05) is 37.5 Å². The molecule has 0 bridgehead atoms. The number of Topliss-reactive ketones (excluding diaryl/α,β-unsaturated/α-hetero) is 1. The first-order chi connectivity index (χ1) is 11.2. The first-order valence-electron chi connectivity index (χ1n) is 8.52. The molecule has 26 heavy (non-hydrogen) atoms. The average molecular weight is 402 g/mol. The molecule has 0 aliphatic carbocycles. The summed E-state index contributed by atoms with van der Waals surface area (Å²) in [7, 11) is 0. The van der Waals surface area contributed by atoms with Gasteiger partial charge in [0.1, 0.15) is 5.78 Å². The standard InChI is InChI=1S/C19H25N3O.2ClH.H2O/c1-16-6-10-21(11-7-16)12-8-19(23)14-17-2-4-18(5-3-17)22-13-9-20-15-22;;;/h2-5,9,13,15-16H,6-8,10-12,14H2,1H3;2*1H;1H2. The lowest BCUT2D eigenvalue weighted by Crippen LogP contribution is -2.34. The van der Waals surface area contributed by atoms with Gasteiger partial charge in [0.15, 0.2) is 0 Å². The largest absolute Gasteiger partial charge is 0.412 e. The van der Waals surface area contributed by atoms with Crippen LogP contribution in [-0.2, 0) is 11.2 Å². The van der Waals surface area contributed by atoms with E-state index in [2.05, 4.69) is 16.8 Å². The number of rotatable bonds is 6. The Morgan fingerprint density at radius 3 is 2.38 bits per heavy atom. The van der Waals surface area contributed by atoms with Crippen molar-refractivity contribution in [1.29, 1.82) is 0 Å². The molecule has 0 radical (unpaired) electrons. The molecule has 5 nitrogen and oxygen atoms in total. The van der Waals surface area contributed by atoms with Crippen molar-refractivity contribution < 1.29 is 10.3 Å². The predicted octanol–water partition coefficient (Wildman–Crippen LogP) is 3.12. The van der Waals surface area contributed by atoms with Gasteiger partial charge in [-0.3, -0.25) is 4.79 Å². The summed E-state index contributed by atoms with van der Waals surface area (Å²) in [6.45, 7) is 5.52. The van der Waals surface area contributed by atoms with E-state index in [1.807, 2.05) is 35.0 Å². The molecule has 2 heterocycles. The normalized spacial score (nSPS) is 14.7. The molecular formula is C19H29Cl2N3O2. The number of hydrogen-bond acceptors (Lipinski definition) is 3. The van der Waals surface area contributed by atoms with Crippen LogP contribution in [0.4, 0.5) is 0 Å². The summed E-state index contributed by atoms with van der Waals surface area (Å²) in [5, 5.41) is 0. The van der Waals surface area contributed by atoms with Crippen LogP contribution in [0.15, 0.2) is 43.0 Å². The second-order valence-corrected chi connectivity index (χ2v) is 6.63. The Bertz CT molecular complexity index is 625. The molecule has 146 valence electrons. The molecule has 1 aromatic heterocycles. The smallest absolute Gasteiger partial charge is 0.138 e. The number of piperidine rings is 1. The summed E-state index contributed by atoms with van der Waals surface area (Å²) in [5.74, 6) is 1.18. The fraction of sp³-hybridized carbons (Fsp3) is 0.474. The van der Waals surface area contributed by atoms with E-state index in [9.17, 15) is 4.79 Å². The van der Waals surface area contributed by atoms with Crippen molar-refractivity contribution >= 4 is 30.6 Å². The molecule has 7 heteroatoms. The maximum atomic E-state index is 12.2. The highest BCUT2D eigenvalue weighted by Crippen LogP contribution is 2.16. The fourth-order valence-corrected chi connectivity index (χ4v) is 3.08. The molecule has 2 N–H and O–H groups in total. The molecule has 1 saturated heterocycles. The highest BCUT2D eigenvalue weighted by molar-refractivity contribution is 5.85. The molecule has 0 amide bonds. The molecule has 1 aromatic carbocycles. The summed E-state index contributed by atoms with van der Waals surface area (Å²) < 4.78 is 1.96. The van der Waals surface area contributed by atoms with Crippen LogP contribution in [0.25, 0.3) is 5.69 Å². The summed E-state index contributed by atoms with van der Waals surface area (Å²) in [6, 6.07) is 8.15. The lowest BCUT2D eigenvalue weighted by molar-refractivity contribution is -0.118. The third-order valence-electron chi connectivity index (χ3n) is 4.72. The number of halogens is 2. The SMILES string of the molecule is CC1CCN(CCC(=O)Cc2ccc(-n3ccnc3)cc2)CC1.Cl.Cl.O. The molecule has 1 fully saturated rings. The lowest BCUT2D eigenvalue weighted by atomic mass is 9.99. The lowest BCUT2D eigenvalue weighted by Gasteiger charge is -2.29. The Labute approximate surface area is 167 Å². The maximum absolute atomic E-state index is 12.2. The predicted molar refractivity (Wildman–Crippen MR) is 110 cm³/mol. The zero-order chi connectivity index (χ0) is 16.1. The number of nitrogens with zero attached hydrogens (tertiary/aromatic N) is 3. The number of carbonyl (C=O) groups is 1. The minimum absolute atomic E-state index is 0. The summed E-state index contributed by atoms with van der Waals surface area (Å²) >= 11 is 0. The third-order valence-corrected chi connectivity index (χ3v) is 4.72. The van der Waals surface area contributed by atoms with Crippen LogP contribution in [0.5, 0.6) is 0 Å². The van der Waals surface area contributed by atoms with E-state index < -0.39 is 0 Å². The van der Waals surface area contributed by atoms with E-state index in [0.29, 0.717) is 18.6 Å². The van der Waals surface area contributed by atoms with Gasteiger partial charge in [-0.2, -0.15) is 0 Å². The first-order valence-corrected chi connectivity index (χ1v) is 8.52. The maximum Gasteiger partial charge on any atom is 0.138 e. The average Bonchev–Trinajstić information content (AvgIpc) is 3.09. The van der Waals surface area contributed by atoms with Crippen molar-refractivity contribution in [3.05, 3.63) is 48.5 Å². The molecule has 3 rings (SSSR count). The number of benzene rings is 1. The van der Waals surface area contributed by atoms with Crippen molar-refractivity contribution in [3.63, 3.8) is 0 Å². The van der Waals surface area contributed by atoms with Crippen molar-refractivity contribution in [3.8, 4) is 5.69 Å². The zero-order valence-corrected chi connectivity index (χ0v) is 16.8. The molecule has 1 aliphatic rings. The van der Waals surface area contributed by atoms with Crippen LogP contribution in [0.1, 0.15) is 31.7 Å². The Morgan fingerprint density at radius 2 is 1.81 bits per heavy atom. The highest BCUT2D eigenvalue weighted by Gasteiger charge is 2.16.